The van der Waals surface area contributed by atoms with Gasteiger partial charge in [0.25, 0.3) is 0 Å². The van der Waals surface area contributed by atoms with Crippen molar-refractivity contribution in [3.8, 4) is 0 Å². The van der Waals surface area contributed by atoms with Gasteiger partial charge in [0.1, 0.15) is 6.61 Å². The zero-order valence-electron chi connectivity index (χ0n) is 40.8. The Labute approximate surface area is 387 Å². The molecule has 0 aliphatic heterocycles. The summed E-state index contributed by atoms with van der Waals surface area (Å²) in [6.45, 7) is 3.69. The molecule has 0 aromatic rings. The number of allylic oxidation sites excluding steroid dienone is 8. The molecule has 368 valence electrons. The first kappa shape index (κ1) is 61.0. The quantitative estimate of drug-likeness (QED) is 0.0265. The number of esters is 2. The van der Waals surface area contributed by atoms with E-state index >= 15 is 0 Å². The van der Waals surface area contributed by atoms with E-state index < -0.39 is 32.5 Å². The molecule has 0 radical (unpaired) electrons. The van der Waals surface area contributed by atoms with Gasteiger partial charge in [-0.05, 0) is 70.6 Å². The van der Waals surface area contributed by atoms with E-state index in [1.807, 2.05) is 0 Å². The van der Waals surface area contributed by atoms with Crippen molar-refractivity contribution in [2.45, 2.75) is 251 Å². The molecule has 0 aliphatic carbocycles. The second-order valence-electron chi connectivity index (χ2n) is 17.4. The second-order valence-corrected chi connectivity index (χ2v) is 18.8. The fourth-order valence-corrected chi connectivity index (χ4v) is 8.04. The van der Waals surface area contributed by atoms with Crippen molar-refractivity contribution in [3.63, 3.8) is 0 Å². The van der Waals surface area contributed by atoms with Crippen LogP contribution in [-0.2, 0) is 32.7 Å². The predicted molar refractivity (Wildman–Crippen MR) is 266 cm³/mol. The van der Waals surface area contributed by atoms with E-state index in [0.29, 0.717) is 6.42 Å². The van der Waals surface area contributed by atoms with Crippen molar-refractivity contribution in [2.24, 2.45) is 5.73 Å². The average molecular weight is 908 g/mol. The van der Waals surface area contributed by atoms with Crippen molar-refractivity contribution in [3.05, 3.63) is 48.6 Å². The molecular formula is C53H98NO8P. The number of nitrogens with two attached hydrogens (primary N) is 1. The topological polar surface area (TPSA) is 134 Å². The molecular weight excluding hydrogens is 810 g/mol. The zero-order chi connectivity index (χ0) is 46.0. The van der Waals surface area contributed by atoms with E-state index in [1.54, 1.807) is 0 Å². The molecule has 0 bridgehead atoms. The molecule has 9 nitrogen and oxygen atoms in total. The fourth-order valence-electron chi connectivity index (χ4n) is 7.27. The molecule has 0 aromatic carbocycles. The number of rotatable bonds is 49. The van der Waals surface area contributed by atoms with Gasteiger partial charge in [0.15, 0.2) is 6.10 Å². The Morgan fingerprint density at radius 1 is 0.476 bits per heavy atom. The van der Waals surface area contributed by atoms with E-state index in [9.17, 15) is 19.0 Å². The van der Waals surface area contributed by atoms with E-state index in [4.69, 9.17) is 24.3 Å². The van der Waals surface area contributed by atoms with Crippen LogP contribution in [0.3, 0.4) is 0 Å². The summed E-state index contributed by atoms with van der Waals surface area (Å²) in [6, 6.07) is 0. The Bertz CT molecular complexity index is 1170. The van der Waals surface area contributed by atoms with Crippen LogP contribution in [0.2, 0.25) is 0 Å². The Morgan fingerprint density at radius 2 is 0.841 bits per heavy atom. The van der Waals surface area contributed by atoms with Crippen LogP contribution in [0.25, 0.3) is 0 Å². The third kappa shape index (κ3) is 49.2. The summed E-state index contributed by atoms with van der Waals surface area (Å²) in [5.74, 6) is -0.835. The number of carbonyl (C=O) groups is 2. The normalized spacial score (nSPS) is 13.5. The van der Waals surface area contributed by atoms with Gasteiger partial charge in [-0.3, -0.25) is 18.6 Å². The molecule has 3 N–H and O–H groups in total. The molecule has 0 fully saturated rings. The molecule has 63 heavy (non-hydrogen) atoms. The first-order valence-electron chi connectivity index (χ1n) is 26.1. The minimum absolute atomic E-state index is 0.0522. The molecule has 0 saturated heterocycles. The summed E-state index contributed by atoms with van der Waals surface area (Å²) in [5, 5.41) is 0. The van der Waals surface area contributed by atoms with Crippen LogP contribution in [0.5, 0.6) is 0 Å². The Balaban J connectivity index is 3.89. The maximum absolute atomic E-state index is 12.6. The number of hydrogen-bond donors (Lipinski definition) is 2. The van der Waals surface area contributed by atoms with E-state index in [0.717, 1.165) is 77.0 Å². The molecule has 10 heteroatoms. The van der Waals surface area contributed by atoms with E-state index in [2.05, 4.69) is 62.5 Å². The molecule has 0 spiro atoms. The van der Waals surface area contributed by atoms with Crippen molar-refractivity contribution in [1.82, 2.24) is 0 Å². The van der Waals surface area contributed by atoms with Crippen LogP contribution in [0.1, 0.15) is 245 Å². The largest absolute Gasteiger partial charge is 0.472 e. The number of phosphoric acid groups is 1. The lowest BCUT2D eigenvalue weighted by Crippen LogP contribution is -2.29. The maximum atomic E-state index is 12.6. The summed E-state index contributed by atoms with van der Waals surface area (Å²) < 4.78 is 32.8. The van der Waals surface area contributed by atoms with Crippen molar-refractivity contribution < 1.29 is 37.6 Å². The lowest BCUT2D eigenvalue weighted by atomic mass is 10.0. The van der Waals surface area contributed by atoms with Gasteiger partial charge in [-0.1, -0.05) is 210 Å². The maximum Gasteiger partial charge on any atom is 0.472 e. The molecule has 0 saturated carbocycles. The summed E-state index contributed by atoms with van der Waals surface area (Å²) in [7, 11) is -4.38. The predicted octanol–water partition coefficient (Wildman–Crippen LogP) is 15.8. The summed E-state index contributed by atoms with van der Waals surface area (Å²) in [5.41, 5.74) is 5.36. The Hall–Kier alpha value is -2.03. The first-order chi connectivity index (χ1) is 30.8. The van der Waals surface area contributed by atoms with Gasteiger partial charge in [0.2, 0.25) is 0 Å². The minimum Gasteiger partial charge on any atom is -0.462 e. The highest BCUT2D eigenvalue weighted by atomic mass is 31.2. The third-order valence-electron chi connectivity index (χ3n) is 11.2. The van der Waals surface area contributed by atoms with Crippen molar-refractivity contribution in [1.29, 1.82) is 0 Å². The zero-order valence-corrected chi connectivity index (χ0v) is 41.7. The van der Waals surface area contributed by atoms with Crippen LogP contribution in [0, 0.1) is 0 Å². The van der Waals surface area contributed by atoms with Crippen molar-refractivity contribution in [2.75, 3.05) is 26.4 Å². The lowest BCUT2D eigenvalue weighted by Gasteiger charge is -2.19. The highest BCUT2D eigenvalue weighted by Gasteiger charge is 2.26. The SMILES string of the molecule is CCCC/C=C\CCCCCCCC(=O)OCC(COP(=O)(O)OCCN)OC(=O)CCCCCCCCCCCCCCCCCC/C=C\C/C=C\C/C=C\CCCCCCC. The number of hydrogen-bond acceptors (Lipinski definition) is 8. The minimum atomic E-state index is -4.38. The Morgan fingerprint density at radius 3 is 1.29 bits per heavy atom. The van der Waals surface area contributed by atoms with Gasteiger partial charge < -0.3 is 20.1 Å². The van der Waals surface area contributed by atoms with Crippen molar-refractivity contribution >= 4 is 19.8 Å². The fraction of sp³-hybridized carbons (Fsp3) is 0.811. The van der Waals surface area contributed by atoms with Crippen LogP contribution in [-0.4, -0.2) is 49.3 Å². The van der Waals surface area contributed by atoms with Gasteiger partial charge in [-0.25, -0.2) is 4.57 Å². The smallest absolute Gasteiger partial charge is 0.462 e. The number of unbranched alkanes of at least 4 members (excludes halogenated alkanes) is 28. The van der Waals surface area contributed by atoms with Crippen LogP contribution in [0.15, 0.2) is 48.6 Å². The average Bonchev–Trinajstić information content (AvgIpc) is 3.27. The molecule has 2 atom stereocenters. The van der Waals surface area contributed by atoms with E-state index in [-0.39, 0.29) is 32.6 Å². The molecule has 0 heterocycles. The van der Waals surface area contributed by atoms with Gasteiger partial charge in [-0.15, -0.1) is 0 Å². The summed E-state index contributed by atoms with van der Waals surface area (Å²) >= 11 is 0. The van der Waals surface area contributed by atoms with Gasteiger partial charge in [-0.2, -0.15) is 0 Å². The molecule has 0 amide bonds. The first-order valence-corrected chi connectivity index (χ1v) is 27.6. The molecule has 0 aliphatic rings. The molecule has 2 unspecified atom stereocenters. The highest BCUT2D eigenvalue weighted by molar-refractivity contribution is 7.47. The Kier molecular flexibility index (Phi) is 47.8. The van der Waals surface area contributed by atoms with Crippen LogP contribution in [0.4, 0.5) is 0 Å². The van der Waals surface area contributed by atoms with Gasteiger partial charge in [0, 0.05) is 19.4 Å². The summed E-state index contributed by atoms with van der Waals surface area (Å²) in [6.07, 6.45) is 58.9. The van der Waals surface area contributed by atoms with Crippen LogP contribution < -0.4 is 5.73 Å². The van der Waals surface area contributed by atoms with E-state index in [1.165, 1.54) is 135 Å². The molecule has 0 rings (SSSR count). The number of carbonyl (C=O) groups excluding carboxylic acids is 2. The third-order valence-corrected chi connectivity index (χ3v) is 12.2. The monoisotopic (exact) mass is 908 g/mol. The highest BCUT2D eigenvalue weighted by Crippen LogP contribution is 2.43. The van der Waals surface area contributed by atoms with Crippen LogP contribution >= 0.6 is 7.82 Å². The standard InChI is InChI=1S/C53H98NO8P/c1-3-5-7-9-11-13-15-16-17-18-19-20-21-22-23-24-25-26-27-28-29-30-31-32-33-34-36-38-40-42-44-46-53(56)62-51(50-61-63(57,58)60-48-47-54)49-59-52(55)45-43-41-39-37-35-14-12-10-8-6-4-2/h10,12,15-16,18-19,21-22,51H,3-9,11,13-14,17,20,23-50,54H2,1-2H3,(H,57,58)/b12-10-,16-15-,19-18-,22-21-. The number of ether oxygens (including phenoxy) is 2. The number of phosphoric ester groups is 1. The van der Waals surface area contributed by atoms with Gasteiger partial charge >= 0.3 is 19.8 Å². The molecule has 0 aromatic heterocycles. The van der Waals surface area contributed by atoms with Gasteiger partial charge in [0.05, 0.1) is 13.2 Å². The lowest BCUT2D eigenvalue weighted by molar-refractivity contribution is -0.161. The summed E-state index contributed by atoms with van der Waals surface area (Å²) in [4.78, 5) is 34.9. The second kappa shape index (κ2) is 49.4.